The molecule has 8 nitrogen and oxygen atoms in total. The summed E-state index contributed by atoms with van der Waals surface area (Å²) in [4.78, 5) is 49.1. The number of rotatable bonds is 4. The molecule has 1 aromatic rings. The minimum atomic E-state index is -0.649. The summed E-state index contributed by atoms with van der Waals surface area (Å²) < 4.78 is 0. The van der Waals surface area contributed by atoms with E-state index in [-0.39, 0.29) is 34.8 Å². The van der Waals surface area contributed by atoms with Crippen LogP contribution in [-0.2, 0) is 4.79 Å². The van der Waals surface area contributed by atoms with E-state index in [1.54, 1.807) is 0 Å². The first-order valence-electron chi connectivity index (χ1n) is 9.79. The summed E-state index contributed by atoms with van der Waals surface area (Å²) in [5, 5.41) is 14.1. The molecule has 0 saturated heterocycles. The molecule has 1 aromatic carbocycles. The maximum Gasteiger partial charge on any atom is 0.270 e. The van der Waals surface area contributed by atoms with Gasteiger partial charge in [-0.3, -0.25) is 29.4 Å². The average molecular weight is 383 g/mol. The van der Waals surface area contributed by atoms with E-state index in [0.29, 0.717) is 17.8 Å². The minimum absolute atomic E-state index is 0.0122. The number of nitro benzene ring substituents is 1. The lowest BCUT2D eigenvalue weighted by Crippen LogP contribution is -2.61. The normalized spacial score (nSPS) is 32.6. The van der Waals surface area contributed by atoms with Crippen LogP contribution >= 0.6 is 0 Å². The fourth-order valence-corrected chi connectivity index (χ4v) is 6.28. The Balaban J connectivity index is 1.31. The molecular weight excluding hydrogens is 362 g/mol. The number of hydrogen-bond donors (Lipinski definition) is 1. The summed E-state index contributed by atoms with van der Waals surface area (Å²) in [6.45, 7) is -0.345. The second-order valence-electron chi connectivity index (χ2n) is 8.93. The number of fused-ring (bicyclic) bond motifs is 1. The van der Waals surface area contributed by atoms with Crippen molar-refractivity contribution in [1.82, 2.24) is 10.2 Å². The summed E-state index contributed by atoms with van der Waals surface area (Å²) in [6, 6.07) is 3.58. The summed E-state index contributed by atoms with van der Waals surface area (Å²) in [7, 11) is 0. The Hall–Kier alpha value is -2.77. The Morgan fingerprint density at radius 1 is 1.07 bits per heavy atom. The Morgan fingerprint density at radius 2 is 1.64 bits per heavy atom. The van der Waals surface area contributed by atoms with Gasteiger partial charge in [0.15, 0.2) is 0 Å². The number of hydrogen-bond acceptors (Lipinski definition) is 5. The Bertz CT molecular complexity index is 889. The van der Waals surface area contributed by atoms with Gasteiger partial charge in [0.2, 0.25) is 5.91 Å². The molecule has 3 amide bonds. The van der Waals surface area contributed by atoms with E-state index in [9.17, 15) is 24.5 Å². The second kappa shape index (κ2) is 5.86. The van der Waals surface area contributed by atoms with Crippen molar-refractivity contribution >= 4 is 23.4 Å². The quantitative estimate of drug-likeness (QED) is 0.487. The number of imide groups is 1. The first-order valence-corrected chi connectivity index (χ1v) is 9.79. The number of nitrogens with one attached hydrogen (secondary N) is 1. The maximum atomic E-state index is 12.7. The first kappa shape index (κ1) is 17.3. The highest BCUT2D eigenvalue weighted by molar-refractivity contribution is 6.22. The molecule has 146 valence electrons. The average Bonchev–Trinajstić information content (AvgIpc) is 2.84. The van der Waals surface area contributed by atoms with Crippen LogP contribution in [-0.4, -0.2) is 39.6 Å². The number of benzene rings is 1. The summed E-state index contributed by atoms with van der Waals surface area (Å²) in [5.74, 6) is 0.468. The summed E-state index contributed by atoms with van der Waals surface area (Å²) >= 11 is 0. The first-order chi connectivity index (χ1) is 13.3. The molecule has 0 atom stereocenters. The lowest BCUT2D eigenvalue weighted by atomic mass is 9.53. The van der Waals surface area contributed by atoms with Gasteiger partial charge in [-0.15, -0.1) is 0 Å². The van der Waals surface area contributed by atoms with E-state index in [2.05, 4.69) is 5.32 Å². The van der Waals surface area contributed by atoms with Crippen LogP contribution < -0.4 is 5.32 Å². The molecule has 0 aromatic heterocycles. The topological polar surface area (TPSA) is 110 Å². The molecule has 1 aliphatic heterocycles. The van der Waals surface area contributed by atoms with Crippen LogP contribution in [0.5, 0.6) is 0 Å². The van der Waals surface area contributed by atoms with E-state index < -0.39 is 16.7 Å². The van der Waals surface area contributed by atoms with Gasteiger partial charge in [0.05, 0.1) is 16.1 Å². The molecule has 6 rings (SSSR count). The molecule has 4 aliphatic carbocycles. The number of carbonyl (C=O) groups excluding carboxylic acids is 3. The van der Waals surface area contributed by atoms with E-state index in [4.69, 9.17) is 0 Å². The van der Waals surface area contributed by atoms with Gasteiger partial charge in [-0.1, -0.05) is 0 Å². The monoisotopic (exact) mass is 383 g/mol. The van der Waals surface area contributed by atoms with Crippen LogP contribution in [0.4, 0.5) is 5.69 Å². The standard InChI is InChI=1S/C20H21N3O5/c24-17(21-20-7-11-3-12(8-20)5-13(4-11)9-20)10-22-18(25)15-2-1-14(23(27)28)6-16(15)19(22)26/h1-2,6,11-13H,3-5,7-10H2,(H,21,24). The third-order valence-electron chi connectivity index (χ3n) is 6.91. The molecule has 1 N–H and O–H groups in total. The number of carbonyl (C=O) groups is 3. The Kier molecular flexibility index (Phi) is 3.63. The molecule has 5 aliphatic rings. The minimum Gasteiger partial charge on any atom is -0.349 e. The third kappa shape index (κ3) is 2.62. The number of nitrogens with zero attached hydrogens (tertiary/aromatic N) is 2. The highest BCUT2D eigenvalue weighted by atomic mass is 16.6. The molecule has 28 heavy (non-hydrogen) atoms. The predicted molar refractivity (Wildman–Crippen MR) is 97.5 cm³/mol. The van der Waals surface area contributed by atoms with Gasteiger partial charge in [-0.25, -0.2) is 0 Å². The summed E-state index contributed by atoms with van der Waals surface area (Å²) in [6.07, 6.45) is 6.72. The second-order valence-corrected chi connectivity index (χ2v) is 8.93. The van der Waals surface area contributed by atoms with Crippen molar-refractivity contribution in [2.75, 3.05) is 6.54 Å². The van der Waals surface area contributed by atoms with Crippen molar-refractivity contribution < 1.29 is 19.3 Å². The lowest BCUT2D eigenvalue weighted by Gasteiger charge is -2.57. The maximum absolute atomic E-state index is 12.7. The van der Waals surface area contributed by atoms with E-state index in [0.717, 1.165) is 30.2 Å². The fourth-order valence-electron chi connectivity index (χ4n) is 6.28. The van der Waals surface area contributed by atoms with E-state index in [1.165, 1.54) is 31.4 Å². The van der Waals surface area contributed by atoms with Crippen LogP contribution in [0.25, 0.3) is 0 Å². The Labute approximate surface area is 161 Å². The molecule has 8 heteroatoms. The lowest BCUT2D eigenvalue weighted by molar-refractivity contribution is -0.384. The zero-order valence-corrected chi connectivity index (χ0v) is 15.3. The SMILES string of the molecule is O=C(CN1C(=O)c2ccc([N+](=O)[O-])cc2C1=O)NC12CC3CC(CC(C3)C1)C2. The largest absolute Gasteiger partial charge is 0.349 e. The molecule has 1 heterocycles. The van der Waals surface area contributed by atoms with Crippen molar-refractivity contribution in [2.45, 2.75) is 44.1 Å². The molecule has 0 unspecified atom stereocenters. The van der Waals surface area contributed by atoms with Gasteiger partial charge in [-0.05, 0) is 62.3 Å². The number of non-ortho nitro benzene ring substituents is 1. The van der Waals surface area contributed by atoms with Gasteiger partial charge in [0.1, 0.15) is 6.54 Å². The van der Waals surface area contributed by atoms with Gasteiger partial charge in [0.25, 0.3) is 17.5 Å². The van der Waals surface area contributed by atoms with Crippen LogP contribution in [0.15, 0.2) is 18.2 Å². The zero-order valence-electron chi connectivity index (χ0n) is 15.3. The summed E-state index contributed by atoms with van der Waals surface area (Å²) in [5.41, 5.74) is -0.344. The molecule has 4 bridgehead atoms. The van der Waals surface area contributed by atoms with Gasteiger partial charge < -0.3 is 5.32 Å². The van der Waals surface area contributed by atoms with Crippen molar-refractivity contribution in [3.05, 3.63) is 39.4 Å². The molecule has 0 spiro atoms. The van der Waals surface area contributed by atoms with Crippen LogP contribution in [0.1, 0.15) is 59.2 Å². The zero-order chi connectivity index (χ0) is 19.6. The smallest absolute Gasteiger partial charge is 0.270 e. The van der Waals surface area contributed by atoms with Crippen molar-refractivity contribution in [2.24, 2.45) is 17.8 Å². The highest BCUT2D eigenvalue weighted by Gasteiger charge is 2.51. The van der Waals surface area contributed by atoms with Crippen molar-refractivity contribution in [3.63, 3.8) is 0 Å². The number of amides is 3. The molecule has 4 saturated carbocycles. The Morgan fingerprint density at radius 3 is 2.21 bits per heavy atom. The van der Waals surface area contributed by atoms with Crippen molar-refractivity contribution in [1.29, 1.82) is 0 Å². The third-order valence-corrected chi connectivity index (χ3v) is 6.91. The predicted octanol–water partition coefficient (Wildman–Crippen LogP) is 2.28. The van der Waals surface area contributed by atoms with Gasteiger partial charge >= 0.3 is 0 Å². The fraction of sp³-hybridized carbons (Fsp3) is 0.550. The van der Waals surface area contributed by atoms with Crippen LogP contribution in [0, 0.1) is 27.9 Å². The van der Waals surface area contributed by atoms with Crippen LogP contribution in [0.3, 0.4) is 0 Å². The van der Waals surface area contributed by atoms with Gasteiger partial charge in [-0.2, -0.15) is 0 Å². The number of nitro groups is 1. The molecule has 4 fully saturated rings. The molecule has 0 radical (unpaired) electrons. The van der Waals surface area contributed by atoms with Crippen LogP contribution in [0.2, 0.25) is 0 Å². The highest BCUT2D eigenvalue weighted by Crippen LogP contribution is 2.55. The van der Waals surface area contributed by atoms with Crippen molar-refractivity contribution in [3.8, 4) is 0 Å². The van der Waals surface area contributed by atoms with E-state index in [1.807, 2.05) is 0 Å². The molecular formula is C20H21N3O5. The van der Waals surface area contributed by atoms with Gasteiger partial charge in [0, 0.05) is 17.7 Å². The van der Waals surface area contributed by atoms with E-state index >= 15 is 0 Å².